The summed E-state index contributed by atoms with van der Waals surface area (Å²) in [5.74, 6) is -0.0907. The minimum absolute atomic E-state index is 0.0886. The predicted molar refractivity (Wildman–Crippen MR) is 90.0 cm³/mol. The van der Waals surface area contributed by atoms with E-state index in [4.69, 9.17) is 0 Å². The highest BCUT2D eigenvalue weighted by atomic mass is 79.9. The van der Waals surface area contributed by atoms with Crippen molar-refractivity contribution in [2.75, 3.05) is 49.1 Å². The Morgan fingerprint density at radius 3 is 2.18 bits per heavy atom. The Labute approximate surface area is 139 Å². The molecule has 1 aromatic carbocycles. The summed E-state index contributed by atoms with van der Waals surface area (Å²) in [4.78, 5) is 17.4. The lowest BCUT2D eigenvalue weighted by molar-refractivity contribution is -0.129. The summed E-state index contributed by atoms with van der Waals surface area (Å²) >= 11 is 3.59. The molecule has 0 aliphatic carbocycles. The SMILES string of the molecule is CC(=O)N1CCN(c2cc(Br)c(N3CCCC3)cc2F)CC1. The maximum absolute atomic E-state index is 14.6. The molecule has 120 valence electrons. The van der Waals surface area contributed by atoms with E-state index in [1.54, 1.807) is 13.0 Å². The van der Waals surface area contributed by atoms with Gasteiger partial charge in [0.15, 0.2) is 0 Å². The molecule has 2 saturated heterocycles. The highest BCUT2D eigenvalue weighted by Gasteiger charge is 2.23. The first kappa shape index (κ1) is 15.6. The van der Waals surface area contributed by atoms with Gasteiger partial charge >= 0.3 is 0 Å². The van der Waals surface area contributed by atoms with Crippen LogP contribution in [-0.2, 0) is 4.79 Å². The van der Waals surface area contributed by atoms with E-state index in [-0.39, 0.29) is 11.7 Å². The lowest BCUT2D eigenvalue weighted by Gasteiger charge is -2.36. The Morgan fingerprint density at radius 2 is 1.59 bits per heavy atom. The molecule has 0 bridgehead atoms. The molecule has 0 unspecified atom stereocenters. The Bertz CT molecular complexity index is 567. The molecule has 6 heteroatoms. The first-order valence-corrected chi connectivity index (χ1v) is 8.60. The van der Waals surface area contributed by atoms with Gasteiger partial charge in [-0.3, -0.25) is 4.79 Å². The number of anilines is 2. The number of amides is 1. The maximum Gasteiger partial charge on any atom is 0.219 e. The average Bonchev–Trinajstić information content (AvgIpc) is 3.03. The van der Waals surface area contributed by atoms with Gasteiger partial charge in [0.05, 0.1) is 11.4 Å². The molecule has 2 aliphatic heterocycles. The molecule has 2 heterocycles. The van der Waals surface area contributed by atoms with Crippen molar-refractivity contribution in [3.63, 3.8) is 0 Å². The van der Waals surface area contributed by atoms with Crippen LogP contribution in [0.25, 0.3) is 0 Å². The van der Waals surface area contributed by atoms with E-state index in [2.05, 4.69) is 20.8 Å². The standard InChI is InChI=1S/C16H21BrFN3O/c1-12(22)19-6-8-21(9-7-19)16-10-13(17)15(11-14(16)18)20-4-2-3-5-20/h10-11H,2-9H2,1H3. The van der Waals surface area contributed by atoms with Crippen LogP contribution in [0.1, 0.15) is 19.8 Å². The number of carbonyl (C=O) groups excluding carboxylic acids is 1. The summed E-state index contributed by atoms with van der Waals surface area (Å²) in [6.07, 6.45) is 2.34. The zero-order valence-corrected chi connectivity index (χ0v) is 14.4. The van der Waals surface area contributed by atoms with Crippen molar-refractivity contribution in [1.29, 1.82) is 0 Å². The van der Waals surface area contributed by atoms with Crippen molar-refractivity contribution in [2.45, 2.75) is 19.8 Å². The van der Waals surface area contributed by atoms with E-state index in [1.807, 2.05) is 15.9 Å². The van der Waals surface area contributed by atoms with Crippen molar-refractivity contribution in [3.8, 4) is 0 Å². The lowest BCUT2D eigenvalue weighted by Crippen LogP contribution is -2.48. The summed E-state index contributed by atoms with van der Waals surface area (Å²) in [5, 5.41) is 0. The van der Waals surface area contributed by atoms with Crippen LogP contribution in [0.3, 0.4) is 0 Å². The van der Waals surface area contributed by atoms with Crippen molar-refractivity contribution in [1.82, 2.24) is 4.90 Å². The minimum atomic E-state index is -0.179. The number of hydrogen-bond donors (Lipinski definition) is 0. The predicted octanol–water partition coefficient (Wildman–Crippen LogP) is 2.86. The van der Waals surface area contributed by atoms with Crippen LogP contribution in [0.2, 0.25) is 0 Å². The molecular weight excluding hydrogens is 349 g/mol. The number of piperazine rings is 1. The summed E-state index contributed by atoms with van der Waals surface area (Å²) < 4.78 is 15.5. The number of halogens is 2. The van der Waals surface area contributed by atoms with Crippen LogP contribution in [-0.4, -0.2) is 50.1 Å². The number of nitrogens with zero attached hydrogens (tertiary/aromatic N) is 3. The summed E-state index contributed by atoms with van der Waals surface area (Å²) in [7, 11) is 0. The molecular formula is C16H21BrFN3O. The Kier molecular flexibility index (Phi) is 4.57. The van der Waals surface area contributed by atoms with Gasteiger partial charge in [-0.15, -0.1) is 0 Å². The maximum atomic E-state index is 14.6. The Morgan fingerprint density at radius 1 is 1.00 bits per heavy atom. The van der Waals surface area contributed by atoms with Gasteiger partial charge in [0.2, 0.25) is 5.91 Å². The highest BCUT2D eigenvalue weighted by molar-refractivity contribution is 9.10. The molecule has 2 aliphatic rings. The zero-order valence-electron chi connectivity index (χ0n) is 12.8. The number of benzene rings is 1. The third kappa shape index (κ3) is 3.07. The van der Waals surface area contributed by atoms with E-state index < -0.39 is 0 Å². The molecule has 2 fully saturated rings. The van der Waals surface area contributed by atoms with Gasteiger partial charge in [-0.05, 0) is 34.8 Å². The lowest BCUT2D eigenvalue weighted by atomic mass is 10.2. The third-order valence-corrected chi connectivity index (χ3v) is 5.16. The quantitative estimate of drug-likeness (QED) is 0.801. The second kappa shape index (κ2) is 6.44. The second-order valence-corrected chi connectivity index (χ2v) is 6.80. The first-order chi connectivity index (χ1) is 10.6. The van der Waals surface area contributed by atoms with Gasteiger partial charge < -0.3 is 14.7 Å². The molecule has 0 N–H and O–H groups in total. The van der Waals surface area contributed by atoms with Gasteiger partial charge in [-0.1, -0.05) is 0 Å². The van der Waals surface area contributed by atoms with Crippen LogP contribution in [0.4, 0.5) is 15.8 Å². The molecule has 0 radical (unpaired) electrons. The van der Waals surface area contributed by atoms with E-state index >= 15 is 0 Å². The fourth-order valence-electron chi connectivity index (χ4n) is 3.23. The van der Waals surface area contributed by atoms with Crippen LogP contribution in [0, 0.1) is 5.82 Å². The van der Waals surface area contributed by atoms with E-state index in [9.17, 15) is 9.18 Å². The van der Waals surface area contributed by atoms with Crippen molar-refractivity contribution < 1.29 is 9.18 Å². The van der Waals surface area contributed by atoms with Gasteiger partial charge in [0, 0.05) is 56.7 Å². The second-order valence-electron chi connectivity index (χ2n) is 5.94. The third-order valence-electron chi connectivity index (χ3n) is 4.53. The molecule has 1 amide bonds. The summed E-state index contributed by atoms with van der Waals surface area (Å²) in [5.41, 5.74) is 1.57. The minimum Gasteiger partial charge on any atom is -0.371 e. The topological polar surface area (TPSA) is 26.8 Å². The Balaban J connectivity index is 1.77. The highest BCUT2D eigenvalue weighted by Crippen LogP contribution is 2.35. The fourth-order valence-corrected chi connectivity index (χ4v) is 3.81. The van der Waals surface area contributed by atoms with Crippen LogP contribution in [0.15, 0.2) is 16.6 Å². The Hall–Kier alpha value is -1.30. The molecule has 0 atom stereocenters. The van der Waals surface area contributed by atoms with Crippen molar-refractivity contribution in [3.05, 3.63) is 22.4 Å². The number of rotatable bonds is 2. The monoisotopic (exact) mass is 369 g/mol. The number of hydrogen-bond acceptors (Lipinski definition) is 3. The van der Waals surface area contributed by atoms with E-state index in [0.29, 0.717) is 31.9 Å². The van der Waals surface area contributed by atoms with Crippen molar-refractivity contribution >= 4 is 33.2 Å². The molecule has 0 aromatic heterocycles. The fraction of sp³-hybridized carbons (Fsp3) is 0.562. The van der Waals surface area contributed by atoms with Crippen LogP contribution < -0.4 is 9.80 Å². The smallest absolute Gasteiger partial charge is 0.219 e. The summed E-state index contributed by atoms with van der Waals surface area (Å²) in [6.45, 7) is 6.22. The van der Waals surface area contributed by atoms with E-state index in [0.717, 1.165) is 23.2 Å². The van der Waals surface area contributed by atoms with Gasteiger partial charge in [-0.25, -0.2) is 4.39 Å². The van der Waals surface area contributed by atoms with Crippen LogP contribution >= 0.6 is 15.9 Å². The first-order valence-electron chi connectivity index (χ1n) is 7.80. The molecule has 22 heavy (non-hydrogen) atoms. The summed E-state index contributed by atoms with van der Waals surface area (Å²) in [6, 6.07) is 3.52. The van der Waals surface area contributed by atoms with Gasteiger partial charge in [0.1, 0.15) is 5.82 Å². The van der Waals surface area contributed by atoms with Crippen LogP contribution in [0.5, 0.6) is 0 Å². The number of carbonyl (C=O) groups is 1. The van der Waals surface area contributed by atoms with E-state index in [1.165, 1.54) is 12.8 Å². The zero-order chi connectivity index (χ0) is 15.7. The van der Waals surface area contributed by atoms with Gasteiger partial charge in [-0.2, -0.15) is 0 Å². The normalized spacial score (nSPS) is 19.0. The molecule has 1 aromatic rings. The van der Waals surface area contributed by atoms with Gasteiger partial charge in [0.25, 0.3) is 0 Å². The largest absolute Gasteiger partial charge is 0.371 e. The van der Waals surface area contributed by atoms with Crippen molar-refractivity contribution in [2.24, 2.45) is 0 Å². The average molecular weight is 370 g/mol. The molecule has 4 nitrogen and oxygen atoms in total. The molecule has 0 spiro atoms. The molecule has 3 rings (SSSR count). The molecule has 0 saturated carbocycles.